The first-order chi connectivity index (χ1) is 16.9. The molecule has 6 nitrogen and oxygen atoms in total. The number of nitrogens with zero attached hydrogens (tertiary/aromatic N) is 1. The van der Waals surface area contributed by atoms with Crippen LogP contribution in [0, 0.1) is 5.92 Å². The number of ether oxygens (including phenoxy) is 1. The molecule has 0 bridgehead atoms. The Hall–Kier alpha value is -2.97. The third kappa shape index (κ3) is 7.02. The topological polar surface area (TPSA) is 85.4 Å². The van der Waals surface area contributed by atoms with Gasteiger partial charge in [0.2, 0.25) is 5.91 Å². The zero-order chi connectivity index (χ0) is 24.7. The van der Waals surface area contributed by atoms with Crippen molar-refractivity contribution in [3.05, 3.63) is 65.6 Å². The van der Waals surface area contributed by atoms with E-state index in [0.717, 1.165) is 41.8 Å². The number of carbonyl (C=O) groups excluding carboxylic acids is 1. The van der Waals surface area contributed by atoms with Crippen LogP contribution < -0.4 is 10.1 Å². The summed E-state index contributed by atoms with van der Waals surface area (Å²) >= 11 is 1.35. The van der Waals surface area contributed by atoms with Crippen molar-refractivity contribution < 1.29 is 17.9 Å². The molecule has 0 saturated heterocycles. The van der Waals surface area contributed by atoms with Gasteiger partial charge in [-0.1, -0.05) is 44.2 Å². The molecular formula is C27H30N2O4S2. The number of hydrogen-bond donors (Lipinski definition) is 1. The fourth-order valence-corrected chi connectivity index (χ4v) is 6.40. The third-order valence-electron chi connectivity index (χ3n) is 6.31. The predicted octanol–water partition coefficient (Wildman–Crippen LogP) is 6.21. The van der Waals surface area contributed by atoms with Crippen molar-refractivity contribution in [3.8, 4) is 17.0 Å². The molecule has 1 saturated carbocycles. The van der Waals surface area contributed by atoms with Crippen LogP contribution in [0.15, 0.2) is 64.9 Å². The maximum atomic E-state index is 12.7. The molecule has 0 radical (unpaired) electrons. The lowest BCUT2D eigenvalue weighted by Gasteiger charge is -2.21. The Morgan fingerprint density at radius 3 is 2.49 bits per heavy atom. The van der Waals surface area contributed by atoms with Gasteiger partial charge in [-0.25, -0.2) is 13.4 Å². The molecule has 2 aromatic carbocycles. The Kier molecular flexibility index (Phi) is 8.36. The van der Waals surface area contributed by atoms with Gasteiger partial charge in [0.05, 0.1) is 23.5 Å². The number of nitrogens with one attached hydrogen (secondary N) is 1. The van der Waals surface area contributed by atoms with Crippen molar-refractivity contribution in [1.29, 1.82) is 0 Å². The normalized spacial score (nSPS) is 14.8. The Balaban J connectivity index is 1.30. The van der Waals surface area contributed by atoms with Crippen molar-refractivity contribution in [1.82, 2.24) is 4.98 Å². The zero-order valence-corrected chi connectivity index (χ0v) is 21.4. The first-order valence-corrected chi connectivity index (χ1v) is 14.4. The number of aromatic nitrogens is 1. The number of hydrogen-bond acceptors (Lipinski definition) is 6. The van der Waals surface area contributed by atoms with Crippen molar-refractivity contribution in [2.45, 2.75) is 43.4 Å². The van der Waals surface area contributed by atoms with E-state index in [9.17, 15) is 13.2 Å². The molecule has 8 heteroatoms. The minimum Gasteiger partial charge on any atom is -0.497 e. The van der Waals surface area contributed by atoms with Gasteiger partial charge in [0.15, 0.2) is 15.0 Å². The summed E-state index contributed by atoms with van der Waals surface area (Å²) in [6, 6.07) is 14.3. The van der Waals surface area contributed by atoms with Crippen LogP contribution in [0.2, 0.25) is 0 Å². The van der Waals surface area contributed by atoms with E-state index in [1.54, 1.807) is 37.5 Å². The lowest BCUT2D eigenvalue weighted by Crippen LogP contribution is -2.14. The fraction of sp³-hybridized carbons (Fsp3) is 0.333. The van der Waals surface area contributed by atoms with Gasteiger partial charge in [-0.3, -0.25) is 10.1 Å². The minimum absolute atomic E-state index is 0.196. The molecule has 1 fully saturated rings. The van der Waals surface area contributed by atoms with Crippen molar-refractivity contribution >= 4 is 38.3 Å². The molecule has 3 aromatic rings. The molecule has 1 N–H and O–H groups in total. The maximum Gasteiger partial charge on any atom is 0.250 e. The highest BCUT2D eigenvalue weighted by atomic mass is 32.2. The molecule has 1 amide bonds. The van der Waals surface area contributed by atoms with Gasteiger partial charge < -0.3 is 4.74 Å². The van der Waals surface area contributed by atoms with Crippen LogP contribution in [-0.2, 0) is 14.6 Å². The van der Waals surface area contributed by atoms with E-state index in [4.69, 9.17) is 4.74 Å². The van der Waals surface area contributed by atoms with E-state index in [-0.39, 0.29) is 11.7 Å². The van der Waals surface area contributed by atoms with Crippen molar-refractivity contribution in [2.75, 3.05) is 18.2 Å². The van der Waals surface area contributed by atoms with Gasteiger partial charge in [-0.15, -0.1) is 11.3 Å². The molecule has 184 valence electrons. The second kappa shape index (κ2) is 11.6. The summed E-state index contributed by atoms with van der Waals surface area (Å²) in [6.45, 7) is 0. The quantitative estimate of drug-likeness (QED) is 0.346. The van der Waals surface area contributed by atoms with Gasteiger partial charge >= 0.3 is 0 Å². The molecule has 1 aliphatic rings. The highest BCUT2D eigenvalue weighted by Crippen LogP contribution is 2.28. The molecule has 1 heterocycles. The van der Waals surface area contributed by atoms with Crippen LogP contribution in [-0.4, -0.2) is 32.2 Å². The standard InChI is InChI=1S/C27H30N2O4S2/c1-33-23-12-10-22(11-13-23)25-19-34-27(28-25)29-26(30)16-9-21-7-14-24(15-8-21)35(31,32)18-17-20-5-3-2-4-6-20/h7-16,19-20H,2-6,17-18H2,1H3,(H,28,29,30)/b16-9+. The Morgan fingerprint density at radius 1 is 1.09 bits per heavy atom. The van der Waals surface area contributed by atoms with Crippen LogP contribution >= 0.6 is 11.3 Å². The first-order valence-electron chi connectivity index (χ1n) is 11.8. The third-order valence-corrected chi connectivity index (χ3v) is 8.83. The first kappa shape index (κ1) is 25.1. The molecule has 0 unspecified atom stereocenters. The molecular weight excluding hydrogens is 480 g/mol. The van der Waals surface area contributed by atoms with E-state index in [0.29, 0.717) is 15.9 Å². The van der Waals surface area contributed by atoms with Crippen molar-refractivity contribution in [2.24, 2.45) is 5.92 Å². The van der Waals surface area contributed by atoms with Crippen LogP contribution in [0.5, 0.6) is 5.75 Å². The molecule has 0 atom stereocenters. The number of rotatable bonds is 9. The fourth-order valence-electron chi connectivity index (χ4n) is 4.25. The predicted molar refractivity (Wildman–Crippen MR) is 141 cm³/mol. The summed E-state index contributed by atoms with van der Waals surface area (Å²) in [4.78, 5) is 17.1. The molecule has 1 aliphatic carbocycles. The van der Waals surface area contributed by atoms with Crippen LogP contribution in [0.1, 0.15) is 44.1 Å². The Morgan fingerprint density at radius 2 is 1.80 bits per heavy atom. The average Bonchev–Trinajstić information content (AvgIpc) is 3.35. The number of benzene rings is 2. The number of anilines is 1. The Bertz CT molecular complexity index is 1260. The van der Waals surface area contributed by atoms with Crippen molar-refractivity contribution in [3.63, 3.8) is 0 Å². The molecule has 35 heavy (non-hydrogen) atoms. The molecule has 4 rings (SSSR count). The zero-order valence-electron chi connectivity index (χ0n) is 19.8. The van der Waals surface area contributed by atoms with E-state index < -0.39 is 9.84 Å². The van der Waals surface area contributed by atoms with Crippen LogP contribution in [0.25, 0.3) is 17.3 Å². The van der Waals surface area contributed by atoms with E-state index in [2.05, 4.69) is 10.3 Å². The highest BCUT2D eigenvalue weighted by Gasteiger charge is 2.19. The van der Waals surface area contributed by atoms with Gasteiger partial charge in [0.25, 0.3) is 0 Å². The number of carbonyl (C=O) groups is 1. The number of thiazole rings is 1. The van der Waals surface area contributed by atoms with Gasteiger partial charge in [-0.05, 0) is 60.4 Å². The molecule has 0 aliphatic heterocycles. The lowest BCUT2D eigenvalue weighted by molar-refractivity contribution is -0.111. The van der Waals surface area contributed by atoms with Crippen LogP contribution in [0.3, 0.4) is 0 Å². The summed E-state index contributed by atoms with van der Waals surface area (Å²) in [5.74, 6) is 1.20. The van der Waals surface area contributed by atoms with Gasteiger partial charge in [0, 0.05) is 17.0 Å². The SMILES string of the molecule is COc1ccc(-c2csc(NC(=O)/C=C/c3ccc(S(=O)(=O)CCC4CCCCC4)cc3)n2)cc1. The smallest absolute Gasteiger partial charge is 0.250 e. The average molecular weight is 511 g/mol. The summed E-state index contributed by atoms with van der Waals surface area (Å²) < 4.78 is 30.6. The van der Waals surface area contributed by atoms with E-state index in [1.807, 2.05) is 29.6 Å². The van der Waals surface area contributed by atoms with Gasteiger partial charge in [0.1, 0.15) is 5.75 Å². The molecule has 0 spiro atoms. The molecule has 1 aromatic heterocycles. The van der Waals surface area contributed by atoms with E-state index >= 15 is 0 Å². The van der Waals surface area contributed by atoms with Gasteiger partial charge in [-0.2, -0.15) is 0 Å². The maximum absolute atomic E-state index is 12.7. The van der Waals surface area contributed by atoms with Crippen LogP contribution in [0.4, 0.5) is 5.13 Å². The number of methoxy groups -OCH3 is 1. The number of sulfone groups is 1. The summed E-state index contributed by atoms with van der Waals surface area (Å²) in [6.07, 6.45) is 9.80. The number of amides is 1. The highest BCUT2D eigenvalue weighted by molar-refractivity contribution is 7.91. The summed E-state index contributed by atoms with van der Waals surface area (Å²) in [7, 11) is -1.67. The summed E-state index contributed by atoms with van der Waals surface area (Å²) in [5.41, 5.74) is 2.47. The second-order valence-corrected chi connectivity index (χ2v) is 11.7. The monoisotopic (exact) mass is 510 g/mol. The van der Waals surface area contributed by atoms with E-state index in [1.165, 1.54) is 36.7 Å². The summed E-state index contributed by atoms with van der Waals surface area (Å²) in [5, 5.41) is 5.16. The lowest BCUT2D eigenvalue weighted by atomic mass is 9.88. The largest absolute Gasteiger partial charge is 0.497 e. The second-order valence-electron chi connectivity index (χ2n) is 8.77. The minimum atomic E-state index is -3.29. The Labute approximate surface area is 211 Å².